The predicted octanol–water partition coefficient (Wildman–Crippen LogP) is 3.36. The number of aliphatic hydroxyl groups excluding tert-OH is 1. The topological polar surface area (TPSA) is 41.3 Å². The molecule has 1 N–H and O–H groups in total. The van der Waals surface area contributed by atoms with E-state index >= 15 is 0 Å². The lowest BCUT2D eigenvalue weighted by molar-refractivity contribution is 0.204. The Morgan fingerprint density at radius 1 is 1.33 bits per heavy atom. The summed E-state index contributed by atoms with van der Waals surface area (Å²) in [6.07, 6.45) is 1.01. The van der Waals surface area contributed by atoms with E-state index in [4.69, 9.17) is 0 Å². The third-order valence-electron chi connectivity index (χ3n) is 3.37. The van der Waals surface area contributed by atoms with Gasteiger partial charge in [0.05, 0.1) is 22.9 Å². The van der Waals surface area contributed by atoms with Gasteiger partial charge in [-0.05, 0) is 42.5 Å². The Balaban J connectivity index is 2.36. The number of likely N-dealkylation sites (N-methyl/N-ethyl adjacent to an activating group) is 1. The van der Waals surface area contributed by atoms with Crippen molar-refractivity contribution in [3.8, 4) is 0 Å². The van der Waals surface area contributed by atoms with Gasteiger partial charge >= 0.3 is 0 Å². The van der Waals surface area contributed by atoms with Gasteiger partial charge in [0.25, 0.3) is 0 Å². The molecule has 0 aliphatic rings. The van der Waals surface area contributed by atoms with Gasteiger partial charge in [0.1, 0.15) is 6.10 Å². The summed E-state index contributed by atoms with van der Waals surface area (Å²) in [6, 6.07) is 5.89. The predicted molar refractivity (Wildman–Crippen MR) is 91.4 cm³/mol. The van der Waals surface area contributed by atoms with Crippen molar-refractivity contribution in [3.05, 3.63) is 50.2 Å². The molecule has 6 heteroatoms. The van der Waals surface area contributed by atoms with Crippen molar-refractivity contribution in [1.29, 1.82) is 0 Å². The van der Waals surface area contributed by atoms with Gasteiger partial charge < -0.3 is 10.0 Å². The molecule has 0 fully saturated rings. The quantitative estimate of drug-likeness (QED) is 0.812. The first-order valence-electron chi connectivity index (χ1n) is 6.70. The van der Waals surface area contributed by atoms with Crippen LogP contribution in [0.5, 0.6) is 0 Å². The number of aliphatic hydroxyl groups is 1. The number of benzene rings is 1. The molecule has 0 bridgehead atoms. The van der Waals surface area contributed by atoms with Crippen LogP contribution in [0.1, 0.15) is 22.9 Å². The molecule has 0 saturated carbocycles. The molecule has 1 aromatic heterocycles. The number of hydrogen-bond donors (Lipinski definition) is 1. The summed E-state index contributed by atoms with van der Waals surface area (Å²) in [5, 5.41) is 15.1. The molecule has 0 aliphatic heterocycles. The number of halogens is 2. The maximum Gasteiger partial charge on any atom is 0.123 e. The highest BCUT2D eigenvalue weighted by Gasteiger charge is 2.22. The Morgan fingerprint density at radius 3 is 2.71 bits per heavy atom. The van der Waals surface area contributed by atoms with Crippen molar-refractivity contribution < 1.29 is 5.11 Å². The fourth-order valence-corrected chi connectivity index (χ4v) is 3.14. The van der Waals surface area contributed by atoms with Crippen LogP contribution < -0.4 is 0 Å². The molecule has 2 aromatic rings. The molecular weight excluding hydrogens is 398 g/mol. The van der Waals surface area contributed by atoms with Crippen molar-refractivity contribution in [2.45, 2.75) is 19.6 Å². The van der Waals surface area contributed by atoms with Gasteiger partial charge in [-0.2, -0.15) is 5.10 Å². The Kier molecular flexibility index (Phi) is 5.60. The van der Waals surface area contributed by atoms with Crippen LogP contribution in [0.2, 0.25) is 0 Å². The average molecular weight is 417 g/mol. The first kappa shape index (κ1) is 16.7. The van der Waals surface area contributed by atoms with E-state index in [2.05, 4.69) is 41.9 Å². The lowest BCUT2D eigenvalue weighted by atomic mass is 10.0. The van der Waals surface area contributed by atoms with Crippen LogP contribution in [0, 0.1) is 6.92 Å². The zero-order valence-electron chi connectivity index (χ0n) is 12.3. The molecule has 0 radical (unpaired) electrons. The highest BCUT2D eigenvalue weighted by atomic mass is 79.9. The fourth-order valence-electron chi connectivity index (χ4n) is 2.15. The molecule has 0 amide bonds. The van der Waals surface area contributed by atoms with Crippen LogP contribution in [0.4, 0.5) is 0 Å². The molecule has 21 heavy (non-hydrogen) atoms. The number of rotatable bonds is 5. The highest BCUT2D eigenvalue weighted by molar-refractivity contribution is 9.10. The third kappa shape index (κ3) is 3.74. The summed E-state index contributed by atoms with van der Waals surface area (Å²) in [6.45, 7) is 3.61. The minimum absolute atomic E-state index is 0.724. The zero-order chi connectivity index (χ0) is 15.6. The highest BCUT2D eigenvalue weighted by Crippen LogP contribution is 2.33. The SMILES string of the molecule is Cc1cccc(C(O)c2c(Br)cnn2CCN(C)C)c1Br. The molecule has 1 heterocycles. The lowest BCUT2D eigenvalue weighted by Crippen LogP contribution is -2.21. The first-order chi connectivity index (χ1) is 9.91. The molecule has 2 rings (SSSR count). The minimum Gasteiger partial charge on any atom is -0.382 e. The van der Waals surface area contributed by atoms with E-state index in [1.165, 1.54) is 0 Å². The molecule has 0 saturated heterocycles. The van der Waals surface area contributed by atoms with Crippen LogP contribution in [-0.4, -0.2) is 40.4 Å². The molecule has 0 aliphatic carbocycles. The number of hydrogen-bond acceptors (Lipinski definition) is 3. The molecule has 0 spiro atoms. The largest absolute Gasteiger partial charge is 0.382 e. The summed E-state index contributed by atoms with van der Waals surface area (Å²) < 4.78 is 3.61. The second-order valence-electron chi connectivity index (χ2n) is 5.28. The van der Waals surface area contributed by atoms with Crippen LogP contribution in [0.15, 0.2) is 33.3 Å². The minimum atomic E-state index is -0.724. The van der Waals surface area contributed by atoms with E-state index in [-0.39, 0.29) is 0 Å². The maximum atomic E-state index is 10.8. The smallest absolute Gasteiger partial charge is 0.123 e. The Bertz CT molecular complexity index is 625. The van der Waals surface area contributed by atoms with Crippen molar-refractivity contribution >= 4 is 31.9 Å². The summed E-state index contributed by atoms with van der Waals surface area (Å²) in [7, 11) is 4.04. The van der Waals surface area contributed by atoms with Crippen LogP contribution in [0.3, 0.4) is 0 Å². The van der Waals surface area contributed by atoms with E-state index in [0.29, 0.717) is 0 Å². The number of aryl methyl sites for hydroxylation is 1. The first-order valence-corrected chi connectivity index (χ1v) is 8.29. The van der Waals surface area contributed by atoms with Gasteiger partial charge in [0.2, 0.25) is 0 Å². The second-order valence-corrected chi connectivity index (χ2v) is 6.93. The zero-order valence-corrected chi connectivity index (χ0v) is 15.5. The van der Waals surface area contributed by atoms with E-state index < -0.39 is 6.10 Å². The van der Waals surface area contributed by atoms with Crippen molar-refractivity contribution in [2.24, 2.45) is 0 Å². The van der Waals surface area contributed by atoms with Gasteiger partial charge in [0.15, 0.2) is 0 Å². The van der Waals surface area contributed by atoms with Crippen molar-refractivity contribution in [2.75, 3.05) is 20.6 Å². The Morgan fingerprint density at radius 2 is 2.05 bits per heavy atom. The van der Waals surface area contributed by atoms with Gasteiger partial charge in [-0.15, -0.1) is 0 Å². The Hall–Kier alpha value is -0.690. The van der Waals surface area contributed by atoms with Gasteiger partial charge in [-0.1, -0.05) is 34.1 Å². The van der Waals surface area contributed by atoms with E-state index in [9.17, 15) is 5.11 Å². The number of aromatic nitrogens is 2. The molecule has 114 valence electrons. The molecular formula is C15H19Br2N3O. The van der Waals surface area contributed by atoms with Gasteiger partial charge in [-0.25, -0.2) is 0 Å². The van der Waals surface area contributed by atoms with Crippen molar-refractivity contribution in [3.63, 3.8) is 0 Å². The number of nitrogens with zero attached hydrogens (tertiary/aromatic N) is 3. The monoisotopic (exact) mass is 415 g/mol. The van der Waals surface area contributed by atoms with Crippen LogP contribution >= 0.6 is 31.9 Å². The molecule has 1 atom stereocenters. The summed E-state index contributed by atoms with van der Waals surface area (Å²) in [4.78, 5) is 2.09. The van der Waals surface area contributed by atoms with E-state index in [0.717, 1.165) is 38.9 Å². The van der Waals surface area contributed by atoms with Gasteiger partial charge in [-0.3, -0.25) is 4.68 Å². The standard InChI is InChI=1S/C15H19Br2N3O/c1-10-5-4-6-11(13(10)17)15(21)14-12(16)9-18-20(14)8-7-19(2)3/h4-6,9,15,21H,7-8H2,1-3H3. The summed E-state index contributed by atoms with van der Waals surface area (Å²) >= 11 is 7.06. The molecule has 4 nitrogen and oxygen atoms in total. The fraction of sp³-hybridized carbons (Fsp3) is 0.400. The lowest BCUT2D eigenvalue weighted by Gasteiger charge is -2.18. The Labute approximate surface area is 142 Å². The van der Waals surface area contributed by atoms with E-state index in [1.807, 2.05) is 43.9 Å². The second kappa shape index (κ2) is 7.05. The normalized spacial score (nSPS) is 12.9. The molecule has 1 aromatic carbocycles. The van der Waals surface area contributed by atoms with Crippen LogP contribution in [-0.2, 0) is 6.54 Å². The third-order valence-corrected chi connectivity index (χ3v) is 5.06. The summed E-state index contributed by atoms with van der Waals surface area (Å²) in [5.74, 6) is 0. The van der Waals surface area contributed by atoms with E-state index in [1.54, 1.807) is 6.20 Å². The van der Waals surface area contributed by atoms with Gasteiger partial charge in [0, 0.05) is 16.6 Å². The average Bonchev–Trinajstić information content (AvgIpc) is 2.80. The van der Waals surface area contributed by atoms with Crippen LogP contribution in [0.25, 0.3) is 0 Å². The maximum absolute atomic E-state index is 10.8. The summed E-state index contributed by atoms with van der Waals surface area (Å²) in [5.41, 5.74) is 2.73. The molecule has 1 unspecified atom stereocenters. The van der Waals surface area contributed by atoms with Crippen molar-refractivity contribution in [1.82, 2.24) is 14.7 Å².